The van der Waals surface area contributed by atoms with Crippen LogP contribution in [0.3, 0.4) is 0 Å². The van der Waals surface area contributed by atoms with E-state index in [-0.39, 0.29) is 0 Å². The van der Waals surface area contributed by atoms with E-state index in [2.05, 4.69) is 28.3 Å². The van der Waals surface area contributed by atoms with Crippen LogP contribution < -0.4 is 5.32 Å². The van der Waals surface area contributed by atoms with Crippen LogP contribution in [0, 0.1) is 6.92 Å². The first-order chi connectivity index (χ1) is 7.24. The molecule has 4 nitrogen and oxygen atoms in total. The number of aromatic nitrogens is 2. The third-order valence-corrected chi connectivity index (χ3v) is 3.02. The van der Waals surface area contributed by atoms with Crippen molar-refractivity contribution in [1.82, 2.24) is 9.97 Å². The molecule has 0 spiro atoms. The summed E-state index contributed by atoms with van der Waals surface area (Å²) in [4.78, 5) is 11.1. The molecule has 0 radical (unpaired) electrons. The number of aryl methyl sites for hydroxylation is 1. The number of methoxy groups -OCH3 is 1. The summed E-state index contributed by atoms with van der Waals surface area (Å²) in [5.41, 5.74) is 0. The monoisotopic (exact) mass is 223 g/mol. The van der Waals surface area contributed by atoms with Crippen LogP contribution in [0.5, 0.6) is 0 Å². The number of thiophene rings is 1. The molecule has 2 aromatic rings. The highest BCUT2D eigenvalue weighted by Gasteiger charge is 2.08. The molecule has 0 fully saturated rings. The van der Waals surface area contributed by atoms with Crippen LogP contribution in [-0.4, -0.2) is 24.1 Å². The third-order valence-electron chi connectivity index (χ3n) is 2.07. The molecule has 0 atom stereocenters. The number of rotatable bonds is 3. The Balaban J connectivity index is 2.59. The van der Waals surface area contributed by atoms with Crippen LogP contribution in [0.25, 0.3) is 10.2 Å². The topological polar surface area (TPSA) is 47.0 Å². The first kappa shape index (κ1) is 10.3. The predicted octanol–water partition coefficient (Wildman–Crippen LogP) is 2.19. The van der Waals surface area contributed by atoms with Gasteiger partial charge in [-0.25, -0.2) is 9.97 Å². The van der Waals surface area contributed by atoms with Crippen LogP contribution in [0.4, 0.5) is 5.82 Å². The van der Waals surface area contributed by atoms with Crippen molar-refractivity contribution in [2.24, 2.45) is 0 Å². The van der Waals surface area contributed by atoms with Gasteiger partial charge in [0.2, 0.25) is 0 Å². The lowest BCUT2D eigenvalue weighted by molar-refractivity contribution is 0.178. The van der Waals surface area contributed by atoms with E-state index in [1.807, 2.05) is 7.05 Å². The molecule has 2 aromatic heterocycles. The summed E-state index contributed by atoms with van der Waals surface area (Å²) in [6.07, 6.45) is 0. The maximum absolute atomic E-state index is 5.03. The lowest BCUT2D eigenvalue weighted by atomic mass is 10.3. The molecule has 0 unspecified atom stereocenters. The van der Waals surface area contributed by atoms with Crippen molar-refractivity contribution in [2.45, 2.75) is 13.5 Å². The molecule has 0 saturated carbocycles. The van der Waals surface area contributed by atoms with Gasteiger partial charge in [0.05, 0.1) is 5.39 Å². The minimum atomic E-state index is 0.446. The van der Waals surface area contributed by atoms with Crippen molar-refractivity contribution in [3.63, 3.8) is 0 Å². The largest absolute Gasteiger partial charge is 0.377 e. The maximum Gasteiger partial charge on any atom is 0.158 e. The van der Waals surface area contributed by atoms with E-state index in [1.165, 1.54) is 4.88 Å². The van der Waals surface area contributed by atoms with E-state index in [9.17, 15) is 0 Å². The average Bonchev–Trinajstić information content (AvgIpc) is 2.57. The normalized spacial score (nSPS) is 10.9. The molecule has 0 aliphatic carbocycles. The van der Waals surface area contributed by atoms with E-state index in [0.717, 1.165) is 21.9 Å². The molecule has 2 heterocycles. The van der Waals surface area contributed by atoms with Crippen LogP contribution in [0.15, 0.2) is 6.07 Å². The van der Waals surface area contributed by atoms with Crippen molar-refractivity contribution >= 4 is 27.4 Å². The van der Waals surface area contributed by atoms with E-state index >= 15 is 0 Å². The molecule has 0 bridgehead atoms. The fourth-order valence-electron chi connectivity index (χ4n) is 1.47. The van der Waals surface area contributed by atoms with E-state index in [1.54, 1.807) is 18.4 Å². The molecular weight excluding hydrogens is 210 g/mol. The highest BCUT2D eigenvalue weighted by atomic mass is 32.1. The number of hydrogen-bond acceptors (Lipinski definition) is 5. The molecule has 0 aromatic carbocycles. The maximum atomic E-state index is 5.03. The lowest BCUT2D eigenvalue weighted by Crippen LogP contribution is -2.01. The SMILES string of the molecule is CNc1nc(COC)nc2sc(C)cc12. The summed E-state index contributed by atoms with van der Waals surface area (Å²) in [7, 11) is 3.51. The van der Waals surface area contributed by atoms with Gasteiger partial charge in [0, 0.05) is 19.0 Å². The zero-order valence-corrected chi connectivity index (χ0v) is 9.81. The number of ether oxygens (including phenoxy) is 1. The Morgan fingerprint density at radius 2 is 2.27 bits per heavy atom. The molecule has 80 valence electrons. The molecule has 15 heavy (non-hydrogen) atoms. The van der Waals surface area contributed by atoms with Crippen molar-refractivity contribution < 1.29 is 4.74 Å². The van der Waals surface area contributed by atoms with Crippen LogP contribution in [0.2, 0.25) is 0 Å². The highest BCUT2D eigenvalue weighted by molar-refractivity contribution is 7.18. The molecule has 0 aliphatic rings. The Hall–Kier alpha value is -1.20. The second kappa shape index (κ2) is 4.12. The number of nitrogens with one attached hydrogen (secondary N) is 1. The summed E-state index contributed by atoms with van der Waals surface area (Å²) in [5.74, 6) is 1.59. The molecule has 0 saturated heterocycles. The average molecular weight is 223 g/mol. The summed E-state index contributed by atoms with van der Waals surface area (Å²) in [6, 6.07) is 2.10. The van der Waals surface area contributed by atoms with Gasteiger partial charge in [-0.2, -0.15) is 0 Å². The fourth-order valence-corrected chi connectivity index (χ4v) is 2.37. The molecule has 0 amide bonds. The summed E-state index contributed by atoms with van der Waals surface area (Å²) >= 11 is 1.68. The number of nitrogens with zero attached hydrogens (tertiary/aromatic N) is 2. The Morgan fingerprint density at radius 3 is 2.93 bits per heavy atom. The first-order valence-electron chi connectivity index (χ1n) is 4.68. The van der Waals surface area contributed by atoms with Gasteiger partial charge in [-0.3, -0.25) is 0 Å². The number of fused-ring (bicyclic) bond motifs is 1. The second-order valence-corrected chi connectivity index (χ2v) is 4.48. The molecule has 1 N–H and O–H groups in total. The Kier molecular flexibility index (Phi) is 2.83. The standard InChI is InChI=1S/C10H13N3OS/c1-6-4-7-9(11-2)12-8(5-14-3)13-10(7)15-6/h4H,5H2,1-3H3,(H,11,12,13). The Bertz CT molecular complexity index is 481. The van der Waals surface area contributed by atoms with Crippen molar-refractivity contribution in [3.05, 3.63) is 16.8 Å². The molecular formula is C10H13N3OS. The van der Waals surface area contributed by atoms with Crippen molar-refractivity contribution in [2.75, 3.05) is 19.5 Å². The van der Waals surface area contributed by atoms with Gasteiger partial charge in [0.1, 0.15) is 17.3 Å². The van der Waals surface area contributed by atoms with Crippen molar-refractivity contribution in [1.29, 1.82) is 0 Å². The molecule has 0 aliphatic heterocycles. The van der Waals surface area contributed by atoms with Gasteiger partial charge >= 0.3 is 0 Å². The number of hydrogen-bond donors (Lipinski definition) is 1. The van der Waals surface area contributed by atoms with E-state index in [0.29, 0.717) is 6.61 Å². The van der Waals surface area contributed by atoms with E-state index < -0.39 is 0 Å². The zero-order chi connectivity index (χ0) is 10.8. The first-order valence-corrected chi connectivity index (χ1v) is 5.50. The minimum absolute atomic E-state index is 0.446. The Morgan fingerprint density at radius 1 is 1.47 bits per heavy atom. The molecule has 5 heteroatoms. The van der Waals surface area contributed by atoms with Crippen LogP contribution in [0.1, 0.15) is 10.7 Å². The summed E-state index contributed by atoms with van der Waals surface area (Å²) < 4.78 is 5.03. The summed E-state index contributed by atoms with van der Waals surface area (Å²) in [6.45, 7) is 2.52. The van der Waals surface area contributed by atoms with Crippen LogP contribution in [-0.2, 0) is 11.3 Å². The second-order valence-electron chi connectivity index (χ2n) is 3.25. The quantitative estimate of drug-likeness (QED) is 0.866. The third kappa shape index (κ3) is 1.93. The van der Waals surface area contributed by atoms with Gasteiger partial charge in [0.15, 0.2) is 5.82 Å². The van der Waals surface area contributed by atoms with Crippen molar-refractivity contribution in [3.8, 4) is 0 Å². The van der Waals surface area contributed by atoms with Crippen LogP contribution >= 0.6 is 11.3 Å². The smallest absolute Gasteiger partial charge is 0.158 e. The predicted molar refractivity (Wildman–Crippen MR) is 62.4 cm³/mol. The lowest BCUT2D eigenvalue weighted by Gasteiger charge is -2.03. The van der Waals surface area contributed by atoms with Gasteiger partial charge in [-0.05, 0) is 13.0 Å². The van der Waals surface area contributed by atoms with Gasteiger partial charge in [0.25, 0.3) is 0 Å². The zero-order valence-electron chi connectivity index (χ0n) is 9.00. The van der Waals surface area contributed by atoms with Gasteiger partial charge in [-0.15, -0.1) is 11.3 Å². The highest BCUT2D eigenvalue weighted by Crippen LogP contribution is 2.28. The van der Waals surface area contributed by atoms with Gasteiger partial charge < -0.3 is 10.1 Å². The van der Waals surface area contributed by atoms with Gasteiger partial charge in [-0.1, -0.05) is 0 Å². The Labute approximate surface area is 92.3 Å². The van der Waals surface area contributed by atoms with E-state index in [4.69, 9.17) is 4.74 Å². The molecule has 2 rings (SSSR count). The minimum Gasteiger partial charge on any atom is -0.377 e. The fraction of sp³-hybridized carbons (Fsp3) is 0.400. The number of anilines is 1. The summed E-state index contributed by atoms with van der Waals surface area (Å²) in [5, 5.41) is 4.17.